The fraction of sp³-hybridized carbons (Fsp3) is 0.286. The molecule has 0 amide bonds. The molecule has 0 aliphatic carbocycles. The SMILES string of the molecule is CNC(Cc1cc(Br)cs1)c1ccc(Cl)cc1C. The van der Waals surface area contributed by atoms with Gasteiger partial charge in [0.25, 0.3) is 0 Å². The lowest BCUT2D eigenvalue weighted by Crippen LogP contribution is -2.19. The molecule has 1 heterocycles. The second-order valence-electron chi connectivity index (χ2n) is 4.28. The molecule has 4 heteroatoms. The van der Waals surface area contributed by atoms with Crippen molar-refractivity contribution in [3.63, 3.8) is 0 Å². The molecule has 0 spiro atoms. The minimum Gasteiger partial charge on any atom is -0.313 e. The molecule has 1 aromatic carbocycles. The van der Waals surface area contributed by atoms with Gasteiger partial charge in [0.15, 0.2) is 0 Å². The molecular formula is C14H15BrClNS. The van der Waals surface area contributed by atoms with Gasteiger partial charge in [0.2, 0.25) is 0 Å². The summed E-state index contributed by atoms with van der Waals surface area (Å²) in [5.41, 5.74) is 2.55. The van der Waals surface area contributed by atoms with Crippen LogP contribution in [-0.4, -0.2) is 7.05 Å². The van der Waals surface area contributed by atoms with E-state index in [0.29, 0.717) is 6.04 Å². The van der Waals surface area contributed by atoms with Crippen molar-refractivity contribution in [3.8, 4) is 0 Å². The van der Waals surface area contributed by atoms with Gasteiger partial charge in [-0.05, 0) is 59.2 Å². The Morgan fingerprint density at radius 3 is 2.72 bits per heavy atom. The van der Waals surface area contributed by atoms with Crippen molar-refractivity contribution < 1.29 is 0 Å². The molecule has 1 aromatic heterocycles. The normalized spacial score (nSPS) is 12.7. The fourth-order valence-corrected chi connectivity index (χ4v) is 3.78. The number of benzene rings is 1. The summed E-state index contributed by atoms with van der Waals surface area (Å²) in [6, 6.07) is 8.60. The molecule has 0 saturated carbocycles. The van der Waals surface area contributed by atoms with Gasteiger partial charge < -0.3 is 5.32 Å². The number of nitrogens with one attached hydrogen (secondary N) is 1. The highest BCUT2D eigenvalue weighted by Crippen LogP contribution is 2.28. The van der Waals surface area contributed by atoms with Crippen LogP contribution in [0.15, 0.2) is 34.1 Å². The third-order valence-corrected chi connectivity index (χ3v) is 4.94. The fourth-order valence-electron chi connectivity index (χ4n) is 2.06. The van der Waals surface area contributed by atoms with Crippen LogP contribution in [0, 0.1) is 6.92 Å². The van der Waals surface area contributed by atoms with Crippen molar-refractivity contribution in [1.82, 2.24) is 5.32 Å². The van der Waals surface area contributed by atoms with E-state index in [1.54, 1.807) is 11.3 Å². The second-order valence-corrected chi connectivity index (χ2v) is 6.63. The third-order valence-electron chi connectivity index (χ3n) is 2.98. The van der Waals surface area contributed by atoms with E-state index in [1.807, 2.05) is 19.2 Å². The third kappa shape index (κ3) is 3.35. The Labute approximate surface area is 125 Å². The zero-order chi connectivity index (χ0) is 13.1. The number of aryl methyl sites for hydroxylation is 1. The Morgan fingerprint density at radius 2 is 2.17 bits per heavy atom. The van der Waals surface area contributed by atoms with Crippen LogP contribution in [0.2, 0.25) is 5.02 Å². The largest absolute Gasteiger partial charge is 0.313 e. The number of halogens is 2. The number of thiophene rings is 1. The highest BCUT2D eigenvalue weighted by molar-refractivity contribution is 9.10. The lowest BCUT2D eigenvalue weighted by Gasteiger charge is -2.18. The molecule has 2 rings (SSSR count). The van der Waals surface area contributed by atoms with E-state index < -0.39 is 0 Å². The molecular weight excluding hydrogens is 330 g/mol. The van der Waals surface area contributed by atoms with Gasteiger partial charge in [-0.3, -0.25) is 0 Å². The number of likely N-dealkylation sites (N-methyl/N-ethyl adjacent to an activating group) is 1. The summed E-state index contributed by atoms with van der Waals surface area (Å²) in [6.45, 7) is 2.11. The van der Waals surface area contributed by atoms with E-state index in [9.17, 15) is 0 Å². The predicted octanol–water partition coefficient (Wildman–Crippen LogP) is 4.98. The molecule has 0 fully saturated rings. The summed E-state index contributed by atoms with van der Waals surface area (Å²) >= 11 is 11.3. The smallest absolute Gasteiger partial charge is 0.0408 e. The molecule has 1 unspecified atom stereocenters. The number of rotatable bonds is 4. The van der Waals surface area contributed by atoms with Gasteiger partial charge in [-0.25, -0.2) is 0 Å². The van der Waals surface area contributed by atoms with Gasteiger partial charge in [-0.1, -0.05) is 17.7 Å². The van der Waals surface area contributed by atoms with Crippen molar-refractivity contribution in [2.75, 3.05) is 7.05 Å². The van der Waals surface area contributed by atoms with Crippen LogP contribution in [0.5, 0.6) is 0 Å². The summed E-state index contributed by atoms with van der Waals surface area (Å²) in [5.74, 6) is 0. The average Bonchev–Trinajstić information content (AvgIpc) is 2.72. The van der Waals surface area contributed by atoms with Crippen LogP contribution in [0.1, 0.15) is 22.0 Å². The van der Waals surface area contributed by atoms with E-state index in [2.05, 4.69) is 45.7 Å². The molecule has 96 valence electrons. The van der Waals surface area contributed by atoms with Crippen LogP contribution < -0.4 is 5.32 Å². The quantitative estimate of drug-likeness (QED) is 0.825. The summed E-state index contributed by atoms with van der Waals surface area (Å²) in [6.07, 6.45) is 0.995. The minimum absolute atomic E-state index is 0.327. The first-order valence-corrected chi connectivity index (χ1v) is 7.81. The average molecular weight is 345 g/mol. The molecule has 1 nitrogen and oxygen atoms in total. The summed E-state index contributed by atoms with van der Waals surface area (Å²) in [7, 11) is 2.00. The van der Waals surface area contributed by atoms with Crippen molar-refractivity contribution in [2.24, 2.45) is 0 Å². The topological polar surface area (TPSA) is 12.0 Å². The molecule has 0 aliphatic rings. The van der Waals surface area contributed by atoms with Crippen molar-refractivity contribution >= 4 is 38.9 Å². The monoisotopic (exact) mass is 343 g/mol. The van der Waals surface area contributed by atoms with E-state index >= 15 is 0 Å². The van der Waals surface area contributed by atoms with Crippen molar-refractivity contribution in [2.45, 2.75) is 19.4 Å². The Morgan fingerprint density at radius 1 is 1.39 bits per heavy atom. The molecule has 0 radical (unpaired) electrons. The van der Waals surface area contributed by atoms with E-state index in [4.69, 9.17) is 11.6 Å². The lowest BCUT2D eigenvalue weighted by atomic mass is 9.98. The van der Waals surface area contributed by atoms with E-state index in [1.165, 1.54) is 16.0 Å². The minimum atomic E-state index is 0.327. The van der Waals surface area contributed by atoms with Gasteiger partial charge in [0.1, 0.15) is 0 Å². The number of hydrogen-bond donors (Lipinski definition) is 1. The molecule has 0 aliphatic heterocycles. The molecule has 1 atom stereocenters. The van der Waals surface area contributed by atoms with Gasteiger partial charge in [-0.2, -0.15) is 0 Å². The van der Waals surface area contributed by atoms with Gasteiger partial charge >= 0.3 is 0 Å². The molecule has 0 bridgehead atoms. The van der Waals surface area contributed by atoms with Crippen molar-refractivity contribution in [1.29, 1.82) is 0 Å². The first kappa shape index (κ1) is 14.1. The number of hydrogen-bond acceptors (Lipinski definition) is 2. The zero-order valence-corrected chi connectivity index (χ0v) is 13.5. The highest BCUT2D eigenvalue weighted by Gasteiger charge is 2.13. The summed E-state index contributed by atoms with van der Waals surface area (Å²) < 4.78 is 1.16. The highest BCUT2D eigenvalue weighted by atomic mass is 79.9. The maximum absolute atomic E-state index is 6.00. The first-order chi connectivity index (χ1) is 8.60. The predicted molar refractivity (Wildman–Crippen MR) is 83.7 cm³/mol. The molecule has 18 heavy (non-hydrogen) atoms. The standard InChI is InChI=1S/C14H15BrClNS/c1-9-5-11(16)3-4-13(9)14(17-2)7-12-6-10(15)8-18-12/h3-6,8,14,17H,7H2,1-2H3. The Balaban J connectivity index is 2.22. The molecule has 0 saturated heterocycles. The lowest BCUT2D eigenvalue weighted by molar-refractivity contribution is 0.593. The van der Waals surface area contributed by atoms with Gasteiger partial charge in [0, 0.05) is 32.2 Å². The van der Waals surface area contributed by atoms with Gasteiger partial charge in [-0.15, -0.1) is 11.3 Å². The summed E-state index contributed by atoms with van der Waals surface area (Å²) in [4.78, 5) is 1.37. The van der Waals surface area contributed by atoms with Crippen LogP contribution in [-0.2, 0) is 6.42 Å². The maximum Gasteiger partial charge on any atom is 0.0408 e. The van der Waals surface area contributed by atoms with Crippen LogP contribution in [0.3, 0.4) is 0 Å². The van der Waals surface area contributed by atoms with Crippen LogP contribution in [0.25, 0.3) is 0 Å². The van der Waals surface area contributed by atoms with Gasteiger partial charge in [0.05, 0.1) is 0 Å². The summed E-state index contributed by atoms with van der Waals surface area (Å²) in [5, 5.41) is 6.30. The molecule has 2 aromatic rings. The van der Waals surface area contributed by atoms with Crippen LogP contribution in [0.4, 0.5) is 0 Å². The Hall–Kier alpha value is -0.350. The van der Waals surface area contributed by atoms with E-state index in [0.717, 1.165) is 15.9 Å². The molecule has 1 N–H and O–H groups in total. The van der Waals surface area contributed by atoms with Crippen LogP contribution >= 0.6 is 38.9 Å². The van der Waals surface area contributed by atoms with E-state index in [-0.39, 0.29) is 0 Å². The Kier molecular flexibility index (Phi) is 4.84. The maximum atomic E-state index is 6.00. The zero-order valence-electron chi connectivity index (χ0n) is 10.3. The first-order valence-electron chi connectivity index (χ1n) is 5.76. The van der Waals surface area contributed by atoms with Crippen molar-refractivity contribution in [3.05, 3.63) is 55.1 Å². The Bertz CT molecular complexity index is 538. The second kappa shape index (κ2) is 6.20.